The fourth-order valence-corrected chi connectivity index (χ4v) is 5.17. The molecule has 4 heterocycles. The molecule has 1 aromatic carbocycles. The Morgan fingerprint density at radius 1 is 1.17 bits per heavy atom. The number of nitriles is 1. The highest BCUT2D eigenvalue weighted by Gasteiger charge is 2.66. The number of nitrogens with one attached hydrogen (secondary N) is 2. The lowest BCUT2D eigenvalue weighted by atomic mass is 9.96. The summed E-state index contributed by atoms with van der Waals surface area (Å²) in [6.07, 6.45) is 1.40. The third-order valence-corrected chi connectivity index (χ3v) is 7.58. The molecule has 0 radical (unpaired) electrons. The zero-order valence-electron chi connectivity index (χ0n) is 22.9. The number of benzene rings is 1. The van der Waals surface area contributed by atoms with Gasteiger partial charge in [-0.3, -0.25) is 4.98 Å². The maximum atomic E-state index is 13.9. The van der Waals surface area contributed by atoms with Crippen LogP contribution < -0.4 is 10.6 Å². The van der Waals surface area contributed by atoms with Crippen LogP contribution in [0.4, 0.5) is 24.5 Å². The molecule has 4 aromatic heterocycles. The Morgan fingerprint density at radius 3 is 2.64 bits per heavy atom. The predicted molar refractivity (Wildman–Crippen MR) is 151 cm³/mol. The van der Waals surface area contributed by atoms with Gasteiger partial charge in [0.05, 0.1) is 39.7 Å². The van der Waals surface area contributed by atoms with Gasteiger partial charge >= 0.3 is 6.18 Å². The molecule has 216 valence electrons. The van der Waals surface area contributed by atoms with Crippen molar-refractivity contribution in [1.82, 2.24) is 34.8 Å². The lowest BCUT2D eigenvalue weighted by Crippen LogP contribution is -2.35. The van der Waals surface area contributed by atoms with E-state index in [2.05, 4.69) is 63.0 Å². The Kier molecular flexibility index (Phi) is 6.49. The second kappa shape index (κ2) is 9.84. The maximum absolute atomic E-state index is 13.9. The fraction of sp³-hybridized carbons (Fsp3) is 0.357. The minimum absolute atomic E-state index is 0.0586. The first-order valence-electron chi connectivity index (χ1n) is 13.2. The smallest absolute Gasteiger partial charge is 0.383 e. The molecule has 0 saturated heterocycles. The molecule has 0 amide bonds. The van der Waals surface area contributed by atoms with Crippen LogP contribution in [0.15, 0.2) is 49.1 Å². The fourth-order valence-electron chi connectivity index (χ4n) is 4.90. The predicted octanol–water partition coefficient (Wildman–Crippen LogP) is 6.10. The highest BCUT2D eigenvalue weighted by atomic mass is 35.5. The van der Waals surface area contributed by atoms with Crippen LogP contribution in [-0.2, 0) is 5.54 Å². The van der Waals surface area contributed by atoms with E-state index in [0.717, 1.165) is 4.68 Å². The Bertz CT molecular complexity index is 1840. The van der Waals surface area contributed by atoms with E-state index in [9.17, 15) is 18.4 Å². The normalized spacial score (nSPS) is 15.5. The number of halogens is 4. The van der Waals surface area contributed by atoms with Crippen molar-refractivity contribution in [3.8, 4) is 6.07 Å². The third-order valence-electron chi connectivity index (χ3n) is 7.29. The molecule has 1 aliphatic rings. The number of fused-ring (bicyclic) bond motifs is 2. The monoisotopic (exact) mass is 594 g/mol. The molecule has 6 rings (SSSR count). The highest BCUT2D eigenvalue weighted by Crippen LogP contribution is 2.55. The van der Waals surface area contributed by atoms with Crippen LogP contribution in [0.5, 0.6) is 0 Å². The topological polar surface area (TPSA) is 122 Å². The molecule has 5 aromatic rings. The van der Waals surface area contributed by atoms with Crippen molar-refractivity contribution in [3.05, 3.63) is 70.9 Å². The van der Waals surface area contributed by atoms with Gasteiger partial charge in [0.1, 0.15) is 17.8 Å². The molecule has 0 spiro atoms. The second-order valence-corrected chi connectivity index (χ2v) is 12.0. The standard InChI is InChI=1S/C28H26ClF3N10/c1-26(2,3)15-35-23-16(11-33)12-34-24-18(23)9-17(10-20(24)29)38-25(19-13-37-42-22(19)5-4-8-36-42)21-14-41(40-39-21)27(6-7-27)28(30,31)32/h4-5,8-10,12-14,25,38H,6-7,15H2,1-3H3,(H,34,35). The van der Waals surface area contributed by atoms with Crippen molar-refractivity contribution >= 4 is 39.4 Å². The van der Waals surface area contributed by atoms with E-state index < -0.39 is 17.8 Å². The van der Waals surface area contributed by atoms with Gasteiger partial charge in [-0.05, 0) is 42.5 Å². The van der Waals surface area contributed by atoms with Crippen LogP contribution in [0.3, 0.4) is 0 Å². The van der Waals surface area contributed by atoms with E-state index >= 15 is 0 Å². The first kappa shape index (κ1) is 27.7. The van der Waals surface area contributed by atoms with Crippen molar-refractivity contribution < 1.29 is 13.2 Å². The van der Waals surface area contributed by atoms with E-state index in [1.165, 1.54) is 17.0 Å². The SMILES string of the molecule is CC(C)(C)CNc1c(C#N)cnc2c(Cl)cc(NC(c3cn(C4(C(F)(F)F)CC4)nn3)c3cnn4ncccc34)cc12. The lowest BCUT2D eigenvalue weighted by Gasteiger charge is -2.22. The van der Waals surface area contributed by atoms with Crippen molar-refractivity contribution in [3.63, 3.8) is 0 Å². The molecule has 14 heteroatoms. The van der Waals surface area contributed by atoms with Gasteiger partial charge in [0.15, 0.2) is 5.54 Å². The molecule has 0 bridgehead atoms. The zero-order chi connectivity index (χ0) is 29.9. The quantitative estimate of drug-likeness (QED) is 0.232. The van der Waals surface area contributed by atoms with Crippen LogP contribution in [-0.4, -0.2) is 47.5 Å². The van der Waals surface area contributed by atoms with Gasteiger partial charge in [-0.1, -0.05) is 37.6 Å². The van der Waals surface area contributed by atoms with Crippen LogP contribution in [0.25, 0.3) is 16.4 Å². The minimum Gasteiger partial charge on any atom is -0.383 e. The lowest BCUT2D eigenvalue weighted by molar-refractivity contribution is -0.182. The molecule has 0 aliphatic heterocycles. The Balaban J connectivity index is 1.46. The molecule has 1 atom stereocenters. The molecule has 42 heavy (non-hydrogen) atoms. The van der Waals surface area contributed by atoms with Crippen molar-refractivity contribution in [1.29, 1.82) is 5.26 Å². The van der Waals surface area contributed by atoms with E-state index in [0.29, 0.717) is 50.5 Å². The van der Waals surface area contributed by atoms with Gasteiger partial charge in [0.2, 0.25) is 0 Å². The van der Waals surface area contributed by atoms with E-state index in [1.807, 2.05) is 0 Å². The van der Waals surface area contributed by atoms with E-state index in [1.54, 1.807) is 36.7 Å². The van der Waals surface area contributed by atoms with Gasteiger partial charge < -0.3 is 10.6 Å². The Morgan fingerprint density at radius 2 is 1.95 bits per heavy atom. The zero-order valence-corrected chi connectivity index (χ0v) is 23.7. The first-order chi connectivity index (χ1) is 19.9. The summed E-state index contributed by atoms with van der Waals surface area (Å²) in [6, 6.07) is 8.45. The second-order valence-electron chi connectivity index (χ2n) is 11.6. The summed E-state index contributed by atoms with van der Waals surface area (Å²) in [5.41, 5.74) is 1.37. The first-order valence-corrected chi connectivity index (χ1v) is 13.6. The summed E-state index contributed by atoms with van der Waals surface area (Å²) >= 11 is 6.69. The summed E-state index contributed by atoms with van der Waals surface area (Å²) in [5, 5.41) is 34.1. The highest BCUT2D eigenvalue weighted by molar-refractivity contribution is 6.35. The molecule has 2 N–H and O–H groups in total. The largest absolute Gasteiger partial charge is 0.413 e. The summed E-state index contributed by atoms with van der Waals surface area (Å²) in [4.78, 5) is 4.41. The van der Waals surface area contributed by atoms with E-state index in [-0.39, 0.29) is 24.0 Å². The Hall–Kier alpha value is -4.44. The molecule has 1 saturated carbocycles. The van der Waals surface area contributed by atoms with Crippen molar-refractivity contribution in [2.45, 2.75) is 51.4 Å². The summed E-state index contributed by atoms with van der Waals surface area (Å²) in [7, 11) is 0. The average Bonchev–Trinajstić information content (AvgIpc) is 3.43. The van der Waals surface area contributed by atoms with Gasteiger partial charge in [-0.15, -0.1) is 5.10 Å². The molecule has 10 nitrogen and oxygen atoms in total. The van der Waals surface area contributed by atoms with Gasteiger partial charge in [0.25, 0.3) is 0 Å². The number of hydrogen-bond acceptors (Lipinski definition) is 8. The number of nitrogens with zero attached hydrogens (tertiary/aromatic N) is 8. The minimum atomic E-state index is -4.46. The maximum Gasteiger partial charge on any atom is 0.413 e. The Labute approximate surface area is 243 Å². The van der Waals surface area contributed by atoms with E-state index in [4.69, 9.17) is 11.6 Å². The van der Waals surface area contributed by atoms with Crippen LogP contribution in [0.2, 0.25) is 5.02 Å². The van der Waals surface area contributed by atoms with Crippen LogP contribution in [0, 0.1) is 16.7 Å². The number of pyridine rings is 1. The van der Waals surface area contributed by atoms with Gasteiger partial charge in [-0.2, -0.15) is 33.3 Å². The number of hydrogen-bond donors (Lipinski definition) is 2. The molecular formula is C28H26ClF3N10. The summed E-state index contributed by atoms with van der Waals surface area (Å²) < 4.78 is 44.0. The van der Waals surface area contributed by atoms with Crippen molar-refractivity contribution in [2.24, 2.45) is 5.41 Å². The average molecular weight is 595 g/mol. The van der Waals surface area contributed by atoms with Crippen LogP contribution in [0.1, 0.15) is 56.5 Å². The number of aromatic nitrogens is 7. The third kappa shape index (κ3) is 4.85. The summed E-state index contributed by atoms with van der Waals surface area (Å²) in [6.45, 7) is 6.80. The number of alkyl halides is 3. The van der Waals surface area contributed by atoms with Crippen LogP contribution >= 0.6 is 11.6 Å². The number of anilines is 2. The summed E-state index contributed by atoms with van der Waals surface area (Å²) in [5.74, 6) is 0. The van der Waals surface area contributed by atoms with Gasteiger partial charge in [-0.25, -0.2) is 4.68 Å². The molecular weight excluding hydrogens is 569 g/mol. The molecule has 1 fully saturated rings. The number of rotatable bonds is 7. The van der Waals surface area contributed by atoms with Crippen molar-refractivity contribution in [2.75, 3.05) is 17.2 Å². The van der Waals surface area contributed by atoms with Gasteiger partial charge in [0, 0.05) is 35.6 Å². The molecule has 1 unspecified atom stereocenters. The molecule has 1 aliphatic carbocycles.